The quantitative estimate of drug-likeness (QED) is 0.0583. The molecule has 2 aliphatic rings. The number of hydrogen-bond donors (Lipinski definition) is 4. The Morgan fingerprint density at radius 3 is 1.97 bits per heavy atom. The van der Waals surface area contributed by atoms with Crippen molar-refractivity contribution in [2.45, 2.75) is 90.6 Å². The standard InChI is InChI=1S/C52H64N3O8P/c1-35-31-42-47(54-29-18-7-8-19-30-64(39-22-12-9-13-23-39,40-24-14-10-15-25-40)41-26-16-11-17-27-41)44(56)34-43(49(42)58)55-51(59)36(2)21-20-28-45(61-5)50(63-52(53)60)38(4)33-37(3)48(57)46(32-35)62-6/h9-17,20-28,33-35,37,45-46,48,50,57H,7-8,18-19,29-32H2,1-6H3,(H3-,53,54,55,56,58,59,60)/p+1/t35-,37+,45+,46+,48-,50+/m1/s1. The molecule has 0 saturated heterocycles. The molecule has 0 radical (unpaired) electrons. The van der Waals surface area contributed by atoms with Crippen LogP contribution < -0.4 is 32.3 Å². The van der Waals surface area contributed by atoms with Crippen molar-refractivity contribution in [2.75, 3.05) is 26.9 Å². The number of ether oxygens (including phenoxy) is 3. The van der Waals surface area contributed by atoms with Gasteiger partial charge in [-0.1, -0.05) is 99.2 Å². The molecule has 1 aliphatic carbocycles. The van der Waals surface area contributed by atoms with Gasteiger partial charge in [-0.05, 0) is 93.8 Å². The third kappa shape index (κ3) is 12.6. The first kappa shape index (κ1) is 49.6. The number of primary amides is 1. The van der Waals surface area contributed by atoms with Gasteiger partial charge in [0.15, 0.2) is 6.10 Å². The van der Waals surface area contributed by atoms with Gasteiger partial charge in [0.25, 0.3) is 5.91 Å². The molecule has 3 aromatic carbocycles. The van der Waals surface area contributed by atoms with Gasteiger partial charge in [0, 0.05) is 43.9 Å². The third-order valence-electron chi connectivity index (χ3n) is 12.1. The third-order valence-corrected chi connectivity index (χ3v) is 16.6. The number of benzene rings is 3. The fraction of sp³-hybridized carbons (Fsp3) is 0.385. The second kappa shape index (κ2) is 24.0. The maximum Gasteiger partial charge on any atom is 0.405 e. The fourth-order valence-electron chi connectivity index (χ4n) is 8.70. The summed E-state index contributed by atoms with van der Waals surface area (Å²) >= 11 is 0. The molecule has 0 aromatic heterocycles. The van der Waals surface area contributed by atoms with Crippen LogP contribution in [-0.4, -0.2) is 80.0 Å². The average molecular weight is 891 g/mol. The number of nitrogens with one attached hydrogen (secondary N) is 2. The van der Waals surface area contributed by atoms with E-state index in [4.69, 9.17) is 19.9 Å². The summed E-state index contributed by atoms with van der Waals surface area (Å²) in [6, 6.07) is 32.6. The van der Waals surface area contributed by atoms with Crippen LogP contribution in [-0.2, 0) is 28.6 Å². The highest BCUT2D eigenvalue weighted by Gasteiger charge is 2.44. The van der Waals surface area contributed by atoms with Crippen molar-refractivity contribution in [2.24, 2.45) is 17.6 Å². The molecular weight excluding hydrogens is 826 g/mol. The minimum absolute atomic E-state index is 0.110. The van der Waals surface area contributed by atoms with E-state index >= 15 is 0 Å². The summed E-state index contributed by atoms with van der Waals surface area (Å²) in [5.41, 5.74) is 6.67. The molecule has 1 aliphatic heterocycles. The van der Waals surface area contributed by atoms with Crippen molar-refractivity contribution in [1.82, 2.24) is 10.6 Å². The molecule has 3 aromatic rings. The molecule has 64 heavy (non-hydrogen) atoms. The molecule has 5 rings (SSSR count). The molecule has 12 heteroatoms. The van der Waals surface area contributed by atoms with Crippen LogP contribution >= 0.6 is 7.26 Å². The molecular formula is C52H65N3O8P+. The molecule has 11 nitrogen and oxygen atoms in total. The monoisotopic (exact) mass is 890 g/mol. The fourth-order valence-corrected chi connectivity index (χ4v) is 13.1. The van der Waals surface area contributed by atoms with E-state index in [0.717, 1.165) is 31.8 Å². The van der Waals surface area contributed by atoms with Gasteiger partial charge in [-0.15, -0.1) is 0 Å². The minimum Gasteiger partial charge on any atom is -0.439 e. The van der Waals surface area contributed by atoms with Gasteiger partial charge < -0.3 is 35.7 Å². The lowest BCUT2D eigenvalue weighted by Gasteiger charge is -2.30. The van der Waals surface area contributed by atoms with Gasteiger partial charge in [0.1, 0.15) is 29.3 Å². The highest BCUT2D eigenvalue weighted by Crippen LogP contribution is 2.56. The largest absolute Gasteiger partial charge is 0.439 e. The van der Waals surface area contributed by atoms with Crippen molar-refractivity contribution in [3.8, 4) is 0 Å². The van der Waals surface area contributed by atoms with Gasteiger partial charge in [0.2, 0.25) is 11.6 Å². The first-order chi connectivity index (χ1) is 30.8. The molecule has 340 valence electrons. The van der Waals surface area contributed by atoms with Crippen LogP contribution in [0.4, 0.5) is 4.79 Å². The Morgan fingerprint density at radius 2 is 1.42 bits per heavy atom. The van der Waals surface area contributed by atoms with Gasteiger partial charge in [-0.3, -0.25) is 14.4 Å². The lowest BCUT2D eigenvalue weighted by Crippen LogP contribution is -2.38. The first-order valence-corrected chi connectivity index (χ1v) is 24.1. The van der Waals surface area contributed by atoms with E-state index in [0.29, 0.717) is 18.5 Å². The molecule has 6 atom stereocenters. The maximum atomic E-state index is 14.2. The predicted molar refractivity (Wildman–Crippen MR) is 256 cm³/mol. The number of aliphatic hydroxyl groups excluding tert-OH is 1. The summed E-state index contributed by atoms with van der Waals surface area (Å²) in [6.07, 6.45) is 8.61. The summed E-state index contributed by atoms with van der Waals surface area (Å²) in [4.78, 5) is 53.4. The topological polar surface area (TPSA) is 166 Å². The average Bonchev–Trinajstić information content (AvgIpc) is 3.29. The number of nitrogens with two attached hydrogens (primary N) is 1. The molecule has 0 fully saturated rings. The summed E-state index contributed by atoms with van der Waals surface area (Å²) in [5.74, 6) is -2.09. The van der Waals surface area contributed by atoms with E-state index in [1.807, 2.05) is 13.8 Å². The Morgan fingerprint density at radius 1 is 0.844 bits per heavy atom. The number of carbonyl (C=O) groups excluding carboxylic acids is 4. The lowest BCUT2D eigenvalue weighted by atomic mass is 9.85. The lowest BCUT2D eigenvalue weighted by molar-refractivity contribution is -0.120. The van der Waals surface area contributed by atoms with Gasteiger partial charge >= 0.3 is 6.09 Å². The van der Waals surface area contributed by atoms with Gasteiger partial charge in [-0.25, -0.2) is 4.79 Å². The van der Waals surface area contributed by atoms with Crippen LogP contribution in [0, 0.1) is 11.8 Å². The van der Waals surface area contributed by atoms with Gasteiger partial charge in [-0.2, -0.15) is 0 Å². The van der Waals surface area contributed by atoms with E-state index in [1.165, 1.54) is 42.3 Å². The van der Waals surface area contributed by atoms with E-state index in [2.05, 4.69) is 102 Å². The van der Waals surface area contributed by atoms with Crippen molar-refractivity contribution < 1.29 is 38.5 Å². The Hall–Kier alpha value is -5.45. The summed E-state index contributed by atoms with van der Waals surface area (Å²) in [6.45, 7) is 7.58. The zero-order chi connectivity index (χ0) is 46.2. The van der Waals surface area contributed by atoms with Crippen LogP contribution in [0.3, 0.4) is 0 Å². The van der Waals surface area contributed by atoms with E-state index in [-0.39, 0.29) is 34.9 Å². The van der Waals surface area contributed by atoms with Crippen LogP contribution in [0.25, 0.3) is 0 Å². The first-order valence-electron chi connectivity index (χ1n) is 22.2. The molecule has 5 N–H and O–H groups in total. The second-order valence-corrected chi connectivity index (χ2v) is 20.4. The second-order valence-electron chi connectivity index (χ2n) is 16.8. The number of fused-ring (bicyclic) bond motifs is 2. The van der Waals surface area contributed by atoms with E-state index in [1.54, 1.807) is 32.1 Å². The Kier molecular flexibility index (Phi) is 18.6. The zero-order valence-electron chi connectivity index (χ0n) is 38.0. The number of amides is 2. The number of Topliss-reactive ketones (excluding diaryl/α,β-unsaturated/α-hetero) is 1. The molecule has 0 saturated carbocycles. The van der Waals surface area contributed by atoms with Crippen molar-refractivity contribution in [3.63, 3.8) is 0 Å². The van der Waals surface area contributed by atoms with Gasteiger partial charge in [0.05, 0.1) is 29.8 Å². The zero-order valence-corrected chi connectivity index (χ0v) is 38.9. The molecule has 1 heterocycles. The smallest absolute Gasteiger partial charge is 0.405 e. The molecule has 2 amide bonds. The molecule has 2 bridgehead atoms. The molecule has 0 spiro atoms. The van der Waals surface area contributed by atoms with Crippen molar-refractivity contribution >= 4 is 46.7 Å². The van der Waals surface area contributed by atoms with E-state index in [9.17, 15) is 24.3 Å². The number of carbonyl (C=O) groups is 4. The summed E-state index contributed by atoms with van der Waals surface area (Å²) in [5, 5.41) is 21.6. The number of ketones is 2. The number of hydrogen-bond acceptors (Lipinski definition) is 9. The van der Waals surface area contributed by atoms with E-state index < -0.39 is 61.2 Å². The number of methoxy groups -OCH3 is 2. The number of aliphatic hydroxyl groups is 1. The Balaban J connectivity index is 1.34. The van der Waals surface area contributed by atoms with Crippen LogP contribution in [0.5, 0.6) is 0 Å². The van der Waals surface area contributed by atoms with Crippen molar-refractivity contribution in [1.29, 1.82) is 0 Å². The minimum atomic E-state index is -1.94. The number of allylic oxidation sites excluding steroid dienone is 4. The van der Waals surface area contributed by atoms with Crippen molar-refractivity contribution in [3.05, 3.63) is 149 Å². The van der Waals surface area contributed by atoms with Crippen LogP contribution in [0.15, 0.2) is 149 Å². The Labute approximate surface area is 379 Å². The highest BCUT2D eigenvalue weighted by atomic mass is 31.2. The number of unbranched alkanes of at least 4 members (excludes halogenated alkanes) is 3. The summed E-state index contributed by atoms with van der Waals surface area (Å²) in [7, 11) is 1.03. The maximum absolute atomic E-state index is 14.2. The number of rotatable bonds is 14. The normalized spacial score (nSPS) is 22.9. The highest BCUT2D eigenvalue weighted by molar-refractivity contribution is 7.95. The summed E-state index contributed by atoms with van der Waals surface area (Å²) < 4.78 is 16.9. The Bertz CT molecular complexity index is 2120. The predicted octanol–water partition coefficient (Wildman–Crippen LogP) is 6.91. The SMILES string of the molecule is CO[C@H]1C=CC=C(C)C(=O)NC2=CC(=O)C(NCCCCCC[P+](c3ccccc3)(c3ccccc3)c3ccccc3)=C(C[C@@H](C)C[C@H](OC)[C@H](O)[C@@H](C)C=C(C)[C@@H]1OC(N)=O)C2=O. The van der Waals surface area contributed by atoms with Crippen LogP contribution in [0.1, 0.15) is 66.2 Å². The van der Waals surface area contributed by atoms with Crippen LogP contribution in [0.2, 0.25) is 0 Å². The molecule has 0 unspecified atom stereocenters.